The van der Waals surface area contributed by atoms with Gasteiger partial charge in [0.15, 0.2) is 0 Å². The molecule has 0 spiro atoms. The first-order valence-corrected chi connectivity index (χ1v) is 5.97. The van der Waals surface area contributed by atoms with Crippen molar-refractivity contribution in [2.75, 3.05) is 6.54 Å². The van der Waals surface area contributed by atoms with Crippen LogP contribution in [0.15, 0.2) is 36.4 Å². The summed E-state index contributed by atoms with van der Waals surface area (Å²) in [6.45, 7) is 2.77. The Kier molecular flexibility index (Phi) is 3.75. The molecule has 0 saturated heterocycles. The maximum Gasteiger partial charge on any atom is 0.0446 e. The van der Waals surface area contributed by atoms with Gasteiger partial charge in [0.1, 0.15) is 0 Å². The second kappa shape index (κ2) is 5.28. The average molecular weight is 216 g/mol. The molecule has 2 rings (SSSR count). The van der Waals surface area contributed by atoms with Crippen LogP contribution in [0.4, 0.5) is 0 Å². The Labute approximate surface area is 97.5 Å². The van der Waals surface area contributed by atoms with Gasteiger partial charge in [-0.05, 0) is 25.3 Å². The Morgan fingerprint density at radius 1 is 1.38 bits per heavy atom. The van der Waals surface area contributed by atoms with E-state index in [9.17, 15) is 0 Å². The molecule has 1 atom stereocenters. The van der Waals surface area contributed by atoms with E-state index in [0.717, 1.165) is 12.8 Å². The number of hydrogen-bond donors (Lipinski definition) is 2. The fraction of sp³-hybridized carbons (Fsp3) is 0.429. The molecule has 1 unspecified atom stereocenters. The lowest BCUT2D eigenvalue weighted by Gasteiger charge is -2.22. The quantitative estimate of drug-likeness (QED) is 0.758. The molecule has 0 aromatic heterocycles. The number of hydrogen-bond acceptors (Lipinski definition) is 2. The first-order chi connectivity index (χ1) is 7.79. The van der Waals surface area contributed by atoms with Gasteiger partial charge in [-0.15, -0.1) is 0 Å². The van der Waals surface area contributed by atoms with E-state index in [1.54, 1.807) is 0 Å². The van der Waals surface area contributed by atoms with Crippen molar-refractivity contribution in [3.8, 4) is 0 Å². The zero-order chi connectivity index (χ0) is 11.4. The molecule has 16 heavy (non-hydrogen) atoms. The second-order valence-corrected chi connectivity index (χ2v) is 4.51. The molecule has 1 aromatic carbocycles. The predicted molar refractivity (Wildman–Crippen MR) is 68.3 cm³/mol. The Morgan fingerprint density at radius 2 is 2.12 bits per heavy atom. The summed E-state index contributed by atoms with van der Waals surface area (Å²) in [4.78, 5) is 0. The third-order valence-electron chi connectivity index (χ3n) is 3.12. The van der Waals surface area contributed by atoms with Gasteiger partial charge in [0.25, 0.3) is 0 Å². The Hall–Kier alpha value is -1.12. The highest BCUT2D eigenvalue weighted by Crippen LogP contribution is 2.18. The molecule has 0 bridgehead atoms. The molecule has 0 fully saturated rings. The van der Waals surface area contributed by atoms with E-state index in [1.165, 1.54) is 11.1 Å². The highest BCUT2D eigenvalue weighted by Gasteiger charge is 2.16. The number of nitrogens with two attached hydrogens (primary N) is 1. The minimum absolute atomic E-state index is 0.282. The van der Waals surface area contributed by atoms with Crippen LogP contribution in [0.1, 0.15) is 30.0 Å². The van der Waals surface area contributed by atoms with E-state index in [-0.39, 0.29) is 6.04 Å². The molecule has 0 radical (unpaired) electrons. The summed E-state index contributed by atoms with van der Waals surface area (Å²) in [5, 5.41) is 3.62. The molecule has 0 heterocycles. The Bertz CT molecular complexity index is 363. The molecule has 1 aliphatic rings. The maximum absolute atomic E-state index is 5.85. The number of nitrogens with one attached hydrogen (secondary N) is 1. The first-order valence-electron chi connectivity index (χ1n) is 5.97. The first kappa shape index (κ1) is 11.4. The van der Waals surface area contributed by atoms with Crippen molar-refractivity contribution in [3.63, 3.8) is 0 Å². The Balaban J connectivity index is 2.04. The van der Waals surface area contributed by atoms with E-state index in [2.05, 4.69) is 48.7 Å². The van der Waals surface area contributed by atoms with Crippen molar-refractivity contribution in [2.24, 2.45) is 5.73 Å². The second-order valence-electron chi connectivity index (χ2n) is 4.51. The third kappa shape index (κ3) is 2.71. The largest absolute Gasteiger partial charge is 0.329 e. The zero-order valence-corrected chi connectivity index (χ0v) is 9.82. The van der Waals surface area contributed by atoms with Crippen LogP contribution in [-0.4, -0.2) is 12.6 Å². The van der Waals surface area contributed by atoms with Gasteiger partial charge in [-0.1, -0.05) is 42.0 Å². The van der Waals surface area contributed by atoms with Crippen molar-refractivity contribution in [2.45, 2.75) is 31.8 Å². The molecule has 1 aromatic rings. The normalized spacial score (nSPS) is 17.9. The van der Waals surface area contributed by atoms with Crippen molar-refractivity contribution in [3.05, 3.63) is 47.5 Å². The minimum Gasteiger partial charge on any atom is -0.329 e. The highest BCUT2D eigenvalue weighted by molar-refractivity contribution is 5.25. The fourth-order valence-corrected chi connectivity index (χ4v) is 2.23. The lowest BCUT2D eigenvalue weighted by atomic mass is 10.0. The van der Waals surface area contributed by atoms with E-state index in [4.69, 9.17) is 5.73 Å². The number of rotatable bonds is 4. The molecular weight excluding hydrogens is 196 g/mol. The van der Waals surface area contributed by atoms with Gasteiger partial charge in [-0.25, -0.2) is 0 Å². The van der Waals surface area contributed by atoms with Crippen LogP contribution in [0.5, 0.6) is 0 Å². The Morgan fingerprint density at radius 3 is 2.75 bits per heavy atom. The van der Waals surface area contributed by atoms with E-state index in [1.807, 2.05) is 0 Å². The van der Waals surface area contributed by atoms with E-state index < -0.39 is 0 Å². The number of aryl methyl sites for hydroxylation is 1. The third-order valence-corrected chi connectivity index (χ3v) is 3.12. The van der Waals surface area contributed by atoms with Gasteiger partial charge >= 0.3 is 0 Å². The SMILES string of the molecule is Cc1cccc(C(CN)NC2CC=CC2)c1. The summed E-state index contributed by atoms with van der Waals surface area (Å²) >= 11 is 0. The summed E-state index contributed by atoms with van der Waals surface area (Å²) in [6.07, 6.45) is 6.73. The zero-order valence-electron chi connectivity index (χ0n) is 9.82. The smallest absolute Gasteiger partial charge is 0.0446 e. The molecule has 1 aliphatic carbocycles. The predicted octanol–water partition coefficient (Wildman–Crippen LogP) is 2.30. The van der Waals surface area contributed by atoms with Crippen LogP contribution in [0.25, 0.3) is 0 Å². The van der Waals surface area contributed by atoms with E-state index in [0.29, 0.717) is 12.6 Å². The number of benzene rings is 1. The van der Waals surface area contributed by atoms with Crippen LogP contribution in [0, 0.1) is 6.92 Å². The van der Waals surface area contributed by atoms with Gasteiger partial charge in [0.2, 0.25) is 0 Å². The lowest BCUT2D eigenvalue weighted by Crippen LogP contribution is -2.35. The standard InChI is InChI=1S/C14H20N2/c1-11-5-4-6-12(9-11)14(10-15)16-13-7-2-3-8-13/h2-6,9,13-14,16H,7-8,10,15H2,1H3. The monoisotopic (exact) mass is 216 g/mol. The fourth-order valence-electron chi connectivity index (χ4n) is 2.23. The molecule has 0 aliphatic heterocycles. The minimum atomic E-state index is 0.282. The summed E-state index contributed by atoms with van der Waals surface area (Å²) in [5.41, 5.74) is 8.44. The highest BCUT2D eigenvalue weighted by atomic mass is 15.0. The van der Waals surface area contributed by atoms with Gasteiger partial charge in [-0.2, -0.15) is 0 Å². The van der Waals surface area contributed by atoms with E-state index >= 15 is 0 Å². The van der Waals surface area contributed by atoms with Crippen molar-refractivity contribution in [1.82, 2.24) is 5.32 Å². The molecule has 2 heteroatoms. The summed E-state index contributed by atoms with van der Waals surface area (Å²) in [7, 11) is 0. The average Bonchev–Trinajstić information content (AvgIpc) is 2.78. The van der Waals surface area contributed by atoms with Crippen LogP contribution in [-0.2, 0) is 0 Å². The summed E-state index contributed by atoms with van der Waals surface area (Å²) < 4.78 is 0. The van der Waals surface area contributed by atoms with Gasteiger partial charge in [-0.3, -0.25) is 0 Å². The van der Waals surface area contributed by atoms with Crippen molar-refractivity contribution < 1.29 is 0 Å². The molecular formula is C14H20N2. The molecule has 3 N–H and O–H groups in total. The van der Waals surface area contributed by atoms with Crippen LogP contribution >= 0.6 is 0 Å². The van der Waals surface area contributed by atoms with Gasteiger partial charge in [0, 0.05) is 18.6 Å². The molecule has 0 saturated carbocycles. The van der Waals surface area contributed by atoms with Crippen LogP contribution < -0.4 is 11.1 Å². The van der Waals surface area contributed by atoms with Gasteiger partial charge in [0.05, 0.1) is 0 Å². The lowest BCUT2D eigenvalue weighted by molar-refractivity contribution is 0.453. The summed E-state index contributed by atoms with van der Waals surface area (Å²) in [6, 6.07) is 9.43. The molecule has 86 valence electrons. The molecule has 2 nitrogen and oxygen atoms in total. The van der Waals surface area contributed by atoms with Gasteiger partial charge < -0.3 is 11.1 Å². The van der Waals surface area contributed by atoms with Crippen LogP contribution in [0.3, 0.4) is 0 Å². The topological polar surface area (TPSA) is 38.0 Å². The maximum atomic E-state index is 5.85. The van der Waals surface area contributed by atoms with Crippen molar-refractivity contribution >= 4 is 0 Å². The van der Waals surface area contributed by atoms with Crippen molar-refractivity contribution in [1.29, 1.82) is 0 Å². The molecule has 0 amide bonds. The van der Waals surface area contributed by atoms with Crippen LogP contribution in [0.2, 0.25) is 0 Å². The summed E-state index contributed by atoms with van der Waals surface area (Å²) in [5.74, 6) is 0.